The number of hydrogen-bond donors (Lipinski definition) is 1. The summed E-state index contributed by atoms with van der Waals surface area (Å²) in [7, 11) is 0. The summed E-state index contributed by atoms with van der Waals surface area (Å²) in [5, 5.41) is 5.02. The highest BCUT2D eigenvalue weighted by molar-refractivity contribution is 6.14. The Labute approximate surface area is 154 Å². The molecule has 4 rings (SSSR count). The first-order chi connectivity index (χ1) is 12.7. The zero-order valence-corrected chi connectivity index (χ0v) is 15.2. The molecule has 0 bridgehead atoms. The molecule has 0 aromatic heterocycles. The van der Waals surface area contributed by atoms with Crippen LogP contribution in [0, 0.1) is 6.92 Å². The van der Waals surface area contributed by atoms with Gasteiger partial charge in [0, 0.05) is 12.0 Å². The van der Waals surface area contributed by atoms with Crippen molar-refractivity contribution in [3.8, 4) is 11.1 Å². The molecule has 4 aromatic rings. The number of nitrogens with two attached hydrogens (primary N) is 1. The summed E-state index contributed by atoms with van der Waals surface area (Å²) in [6.45, 7) is 4.12. The average Bonchev–Trinajstić information content (AvgIpc) is 2.69. The topological polar surface area (TPSA) is 38.4 Å². The number of hydrogen-bond acceptors (Lipinski definition) is 1. The number of aryl methyl sites for hydroxylation is 1. The standard InChI is InChI=1S/C24H22N2/c1-3-23(25)26-24-16(2)9-8-14-21(24)22-15-17-10-4-5-11-18(17)19-12-6-7-13-20(19)22/h4-15H,3H2,1-2H3,(H2,25,26). The number of aliphatic imine (C=N–C) groups is 1. The van der Waals surface area contributed by atoms with Crippen molar-refractivity contribution in [3.63, 3.8) is 0 Å². The second kappa shape index (κ2) is 6.64. The van der Waals surface area contributed by atoms with Gasteiger partial charge >= 0.3 is 0 Å². The second-order valence-electron chi connectivity index (χ2n) is 6.62. The smallest absolute Gasteiger partial charge is 0.0993 e. The van der Waals surface area contributed by atoms with Crippen LogP contribution in [0.1, 0.15) is 18.9 Å². The molecular formula is C24H22N2. The van der Waals surface area contributed by atoms with Gasteiger partial charge in [0.15, 0.2) is 0 Å². The Hall–Kier alpha value is -3.13. The van der Waals surface area contributed by atoms with E-state index in [-0.39, 0.29) is 0 Å². The first kappa shape index (κ1) is 16.3. The summed E-state index contributed by atoms with van der Waals surface area (Å²) in [4.78, 5) is 4.73. The maximum atomic E-state index is 6.07. The highest BCUT2D eigenvalue weighted by Gasteiger charge is 2.13. The molecule has 0 spiro atoms. The highest BCUT2D eigenvalue weighted by atomic mass is 14.9. The van der Waals surface area contributed by atoms with Crippen molar-refractivity contribution in [1.29, 1.82) is 0 Å². The summed E-state index contributed by atoms with van der Waals surface area (Å²) < 4.78 is 0. The fraction of sp³-hybridized carbons (Fsp3) is 0.125. The molecular weight excluding hydrogens is 316 g/mol. The lowest BCUT2D eigenvalue weighted by Crippen LogP contribution is -2.08. The number of benzene rings is 4. The van der Waals surface area contributed by atoms with Crippen LogP contribution in [-0.4, -0.2) is 5.84 Å². The number of fused-ring (bicyclic) bond motifs is 3. The monoisotopic (exact) mass is 338 g/mol. The number of nitrogens with zero attached hydrogens (tertiary/aromatic N) is 1. The van der Waals surface area contributed by atoms with E-state index < -0.39 is 0 Å². The third-order valence-corrected chi connectivity index (χ3v) is 4.91. The van der Waals surface area contributed by atoms with E-state index in [0.717, 1.165) is 23.2 Å². The van der Waals surface area contributed by atoms with Crippen LogP contribution in [0.3, 0.4) is 0 Å². The molecule has 2 nitrogen and oxygen atoms in total. The molecule has 2 heteroatoms. The lowest BCUT2D eigenvalue weighted by molar-refractivity contribution is 1.23. The normalized spacial score (nSPS) is 12.0. The first-order valence-corrected chi connectivity index (χ1v) is 9.02. The van der Waals surface area contributed by atoms with Gasteiger partial charge < -0.3 is 5.73 Å². The van der Waals surface area contributed by atoms with E-state index in [4.69, 9.17) is 10.7 Å². The molecule has 26 heavy (non-hydrogen) atoms. The van der Waals surface area contributed by atoms with Crippen molar-refractivity contribution in [2.24, 2.45) is 10.7 Å². The Morgan fingerprint density at radius 1 is 0.808 bits per heavy atom. The van der Waals surface area contributed by atoms with E-state index in [0.29, 0.717) is 5.84 Å². The Morgan fingerprint density at radius 3 is 2.27 bits per heavy atom. The molecule has 0 saturated heterocycles. The van der Waals surface area contributed by atoms with Gasteiger partial charge in [-0.05, 0) is 45.7 Å². The zero-order chi connectivity index (χ0) is 18.1. The van der Waals surface area contributed by atoms with Crippen LogP contribution in [0.2, 0.25) is 0 Å². The van der Waals surface area contributed by atoms with Crippen molar-refractivity contribution in [1.82, 2.24) is 0 Å². The third-order valence-electron chi connectivity index (χ3n) is 4.91. The van der Waals surface area contributed by atoms with Gasteiger partial charge in [-0.1, -0.05) is 73.7 Å². The first-order valence-electron chi connectivity index (χ1n) is 9.02. The van der Waals surface area contributed by atoms with Crippen LogP contribution >= 0.6 is 0 Å². The maximum absolute atomic E-state index is 6.07. The lowest BCUT2D eigenvalue weighted by Gasteiger charge is -2.14. The Morgan fingerprint density at radius 2 is 1.50 bits per heavy atom. The van der Waals surface area contributed by atoms with Crippen LogP contribution in [-0.2, 0) is 0 Å². The van der Waals surface area contributed by atoms with E-state index in [9.17, 15) is 0 Å². The van der Waals surface area contributed by atoms with Gasteiger partial charge in [-0.15, -0.1) is 0 Å². The minimum Gasteiger partial charge on any atom is -0.387 e. The van der Waals surface area contributed by atoms with Crippen LogP contribution in [0.15, 0.2) is 77.8 Å². The van der Waals surface area contributed by atoms with Crippen molar-refractivity contribution in [3.05, 3.63) is 78.4 Å². The molecule has 4 aromatic carbocycles. The fourth-order valence-electron chi connectivity index (χ4n) is 3.52. The van der Waals surface area contributed by atoms with E-state index in [2.05, 4.69) is 79.7 Å². The van der Waals surface area contributed by atoms with Crippen LogP contribution in [0.25, 0.3) is 32.7 Å². The minimum atomic E-state index is 0.658. The molecule has 0 radical (unpaired) electrons. The lowest BCUT2D eigenvalue weighted by atomic mass is 9.91. The van der Waals surface area contributed by atoms with Gasteiger partial charge in [0.1, 0.15) is 0 Å². The Balaban J connectivity index is 2.11. The molecule has 0 unspecified atom stereocenters. The SMILES string of the molecule is CCC(N)=Nc1c(C)cccc1-c1cc2ccccc2c2ccccc12. The zero-order valence-electron chi connectivity index (χ0n) is 15.2. The molecule has 0 aliphatic carbocycles. The molecule has 0 atom stereocenters. The molecule has 0 aliphatic heterocycles. The van der Waals surface area contributed by atoms with Gasteiger partial charge in [-0.2, -0.15) is 0 Å². The summed E-state index contributed by atoms with van der Waals surface area (Å²) in [6.07, 6.45) is 0.742. The number of rotatable bonds is 3. The Bertz CT molecular complexity index is 1140. The van der Waals surface area contributed by atoms with Gasteiger partial charge in [-0.3, -0.25) is 0 Å². The van der Waals surface area contributed by atoms with Gasteiger partial charge in [-0.25, -0.2) is 4.99 Å². The predicted molar refractivity (Wildman–Crippen MR) is 113 cm³/mol. The van der Waals surface area contributed by atoms with Crippen molar-refractivity contribution in [2.75, 3.05) is 0 Å². The van der Waals surface area contributed by atoms with Crippen molar-refractivity contribution < 1.29 is 0 Å². The summed E-state index contributed by atoms with van der Waals surface area (Å²) in [6, 6.07) is 25.7. The summed E-state index contributed by atoms with van der Waals surface area (Å²) in [5.74, 6) is 0.658. The third kappa shape index (κ3) is 2.74. The fourth-order valence-corrected chi connectivity index (χ4v) is 3.52. The quantitative estimate of drug-likeness (QED) is 0.263. The molecule has 2 N–H and O–H groups in total. The van der Waals surface area contributed by atoms with Crippen LogP contribution in [0.4, 0.5) is 5.69 Å². The van der Waals surface area contributed by atoms with Gasteiger partial charge in [0.05, 0.1) is 11.5 Å². The van der Waals surface area contributed by atoms with E-state index in [1.165, 1.54) is 27.1 Å². The summed E-state index contributed by atoms with van der Waals surface area (Å²) >= 11 is 0. The molecule has 0 fully saturated rings. The van der Waals surface area contributed by atoms with Crippen molar-refractivity contribution >= 4 is 33.1 Å². The van der Waals surface area contributed by atoms with Gasteiger partial charge in [0.25, 0.3) is 0 Å². The largest absolute Gasteiger partial charge is 0.387 e. The molecule has 128 valence electrons. The van der Waals surface area contributed by atoms with Crippen LogP contribution < -0.4 is 5.73 Å². The molecule has 0 aliphatic rings. The van der Waals surface area contributed by atoms with E-state index >= 15 is 0 Å². The molecule has 0 saturated carbocycles. The molecule has 0 heterocycles. The second-order valence-corrected chi connectivity index (χ2v) is 6.62. The number of para-hydroxylation sites is 1. The summed E-state index contributed by atoms with van der Waals surface area (Å²) in [5.41, 5.74) is 10.5. The van der Waals surface area contributed by atoms with Gasteiger partial charge in [0.2, 0.25) is 0 Å². The van der Waals surface area contributed by atoms with E-state index in [1.807, 2.05) is 6.92 Å². The Kier molecular flexibility index (Phi) is 4.18. The molecule has 0 amide bonds. The average molecular weight is 338 g/mol. The van der Waals surface area contributed by atoms with E-state index in [1.54, 1.807) is 0 Å². The van der Waals surface area contributed by atoms with Crippen LogP contribution in [0.5, 0.6) is 0 Å². The van der Waals surface area contributed by atoms with Crippen molar-refractivity contribution in [2.45, 2.75) is 20.3 Å². The predicted octanol–water partition coefficient (Wildman–Crippen LogP) is 6.37. The minimum absolute atomic E-state index is 0.658. The number of amidine groups is 1. The highest BCUT2D eigenvalue weighted by Crippen LogP contribution is 2.40. The maximum Gasteiger partial charge on any atom is 0.0993 e.